The van der Waals surface area contributed by atoms with Gasteiger partial charge in [-0.05, 0) is 55.0 Å². The number of hydrogen-bond acceptors (Lipinski definition) is 7. The van der Waals surface area contributed by atoms with Gasteiger partial charge in [-0.25, -0.2) is 4.98 Å². The minimum atomic E-state index is -0.432. The van der Waals surface area contributed by atoms with Crippen LogP contribution in [0.15, 0.2) is 35.8 Å². The van der Waals surface area contributed by atoms with Crippen molar-refractivity contribution in [1.82, 2.24) is 20.6 Å². The molecule has 0 radical (unpaired) electrons. The second kappa shape index (κ2) is 8.76. The van der Waals surface area contributed by atoms with Crippen molar-refractivity contribution < 1.29 is 9.59 Å². The second-order valence-electron chi connectivity index (χ2n) is 7.93. The van der Waals surface area contributed by atoms with Crippen LogP contribution in [-0.2, 0) is 16.8 Å². The van der Waals surface area contributed by atoms with Crippen LogP contribution in [0.25, 0.3) is 0 Å². The number of fused-ring (bicyclic) bond motifs is 1. The Bertz CT molecular complexity index is 1190. The minimum absolute atomic E-state index is 0.0435. The fourth-order valence-electron chi connectivity index (χ4n) is 3.68. The first-order chi connectivity index (χ1) is 15.3. The molecule has 10 heteroatoms. The second-order valence-corrected chi connectivity index (χ2v) is 9.25. The van der Waals surface area contributed by atoms with Crippen LogP contribution in [0.2, 0.25) is 5.02 Å². The maximum absolute atomic E-state index is 12.0. The summed E-state index contributed by atoms with van der Waals surface area (Å²) in [5.74, 6) is 0.600. The summed E-state index contributed by atoms with van der Waals surface area (Å²) in [7, 11) is 1.58. The lowest BCUT2D eigenvalue weighted by Gasteiger charge is -2.27. The molecule has 1 aliphatic rings. The van der Waals surface area contributed by atoms with Crippen LogP contribution in [0.3, 0.4) is 0 Å². The third-order valence-corrected chi connectivity index (χ3v) is 6.39. The lowest BCUT2D eigenvalue weighted by molar-refractivity contribution is -0.122. The summed E-state index contributed by atoms with van der Waals surface area (Å²) in [6.45, 7) is 4.00. The summed E-state index contributed by atoms with van der Waals surface area (Å²) >= 11 is 7.61. The molecular formula is C22H23ClN6O2S. The lowest BCUT2D eigenvalue weighted by atomic mass is 9.89. The monoisotopic (exact) mass is 470 g/mol. The topological polar surface area (TPSA) is 108 Å². The van der Waals surface area contributed by atoms with Crippen LogP contribution in [0.4, 0.5) is 23.1 Å². The molecule has 32 heavy (non-hydrogen) atoms. The Balaban J connectivity index is 1.58. The van der Waals surface area contributed by atoms with E-state index in [9.17, 15) is 9.59 Å². The molecule has 166 valence electrons. The van der Waals surface area contributed by atoms with Crippen molar-refractivity contribution in [3.8, 4) is 0 Å². The van der Waals surface area contributed by atoms with Gasteiger partial charge in [-0.15, -0.1) is 11.3 Å². The minimum Gasteiger partial charge on any atom is -0.354 e. The summed E-state index contributed by atoms with van der Waals surface area (Å²) in [4.78, 5) is 33.4. The number of rotatable bonds is 5. The van der Waals surface area contributed by atoms with Gasteiger partial charge in [0.25, 0.3) is 5.91 Å². The number of halogens is 1. The molecule has 0 atom stereocenters. The molecule has 2 amide bonds. The van der Waals surface area contributed by atoms with Gasteiger partial charge in [0.05, 0.1) is 17.4 Å². The summed E-state index contributed by atoms with van der Waals surface area (Å²) < 4.78 is 0. The zero-order chi connectivity index (χ0) is 22.9. The van der Waals surface area contributed by atoms with E-state index < -0.39 is 5.54 Å². The summed E-state index contributed by atoms with van der Waals surface area (Å²) in [6.07, 6.45) is 2.61. The number of hydrogen-bond donors (Lipinski definition) is 4. The molecule has 0 unspecified atom stereocenters. The van der Waals surface area contributed by atoms with Crippen molar-refractivity contribution in [2.45, 2.75) is 32.2 Å². The van der Waals surface area contributed by atoms with Gasteiger partial charge < -0.3 is 21.3 Å². The standard InChI is InChI=1S/C22H23ClN6O2S/c1-22(2)14-6-5-13(10-12(14)4-7-17(30)29-22)26-21-25-11-15(23)19(28-21)27-16-8-9-32-18(16)20(31)24-3/h5-6,8-11H,4,7H2,1-3H3,(H,24,31)(H,29,30)(H2,25,26,27,28). The van der Waals surface area contributed by atoms with Crippen molar-refractivity contribution in [2.75, 3.05) is 17.7 Å². The van der Waals surface area contributed by atoms with Crippen LogP contribution in [0, 0.1) is 0 Å². The van der Waals surface area contributed by atoms with Crippen molar-refractivity contribution >= 4 is 57.9 Å². The van der Waals surface area contributed by atoms with E-state index in [0.29, 0.717) is 40.2 Å². The Kier molecular flexibility index (Phi) is 6.03. The first kappa shape index (κ1) is 22.0. The number of nitrogens with zero attached hydrogens (tertiary/aromatic N) is 2. The first-order valence-electron chi connectivity index (χ1n) is 10.1. The zero-order valence-corrected chi connectivity index (χ0v) is 19.4. The number of carbonyl (C=O) groups is 2. The van der Waals surface area contributed by atoms with Gasteiger partial charge in [0, 0.05) is 19.2 Å². The molecule has 2 aromatic heterocycles. The van der Waals surface area contributed by atoms with E-state index in [1.165, 1.54) is 17.5 Å². The first-order valence-corrected chi connectivity index (χ1v) is 11.3. The molecular weight excluding hydrogens is 448 g/mol. The molecule has 1 aromatic carbocycles. The Hall–Kier alpha value is -3.17. The lowest BCUT2D eigenvalue weighted by Crippen LogP contribution is -2.39. The molecule has 0 spiro atoms. The molecule has 3 aromatic rings. The van der Waals surface area contributed by atoms with Crippen molar-refractivity contribution in [2.24, 2.45) is 0 Å². The van der Waals surface area contributed by atoms with Crippen molar-refractivity contribution in [3.05, 3.63) is 56.9 Å². The Labute approximate surface area is 194 Å². The smallest absolute Gasteiger partial charge is 0.263 e. The van der Waals surface area contributed by atoms with Crippen LogP contribution in [0.5, 0.6) is 0 Å². The summed E-state index contributed by atoms with van der Waals surface area (Å²) in [5, 5.41) is 14.1. The van der Waals surface area contributed by atoms with Crippen LogP contribution in [-0.4, -0.2) is 28.8 Å². The number of amides is 2. The summed E-state index contributed by atoms with van der Waals surface area (Å²) in [6, 6.07) is 7.76. The molecule has 4 rings (SSSR count). The molecule has 8 nitrogen and oxygen atoms in total. The van der Waals surface area contributed by atoms with E-state index in [-0.39, 0.29) is 11.8 Å². The number of thiophene rings is 1. The van der Waals surface area contributed by atoms with Crippen molar-refractivity contribution in [1.29, 1.82) is 0 Å². The Morgan fingerprint density at radius 3 is 2.81 bits per heavy atom. The van der Waals surface area contributed by atoms with Crippen LogP contribution in [0.1, 0.15) is 41.1 Å². The Morgan fingerprint density at radius 1 is 1.22 bits per heavy atom. The molecule has 0 saturated carbocycles. The van der Waals surface area contributed by atoms with Gasteiger partial charge in [-0.3, -0.25) is 9.59 Å². The van der Waals surface area contributed by atoms with E-state index in [0.717, 1.165) is 16.8 Å². The fraction of sp³-hybridized carbons (Fsp3) is 0.273. The molecule has 4 N–H and O–H groups in total. The van der Waals surface area contributed by atoms with E-state index in [1.54, 1.807) is 13.1 Å². The maximum atomic E-state index is 12.0. The highest BCUT2D eigenvalue weighted by atomic mass is 35.5. The number of anilines is 4. The van der Waals surface area contributed by atoms with Crippen LogP contribution < -0.4 is 21.3 Å². The quantitative estimate of drug-likeness (QED) is 0.442. The zero-order valence-electron chi connectivity index (χ0n) is 17.9. The fourth-order valence-corrected chi connectivity index (χ4v) is 4.62. The molecule has 0 saturated heterocycles. The van der Waals surface area contributed by atoms with Crippen molar-refractivity contribution in [3.63, 3.8) is 0 Å². The van der Waals surface area contributed by atoms with Gasteiger partial charge in [-0.1, -0.05) is 17.7 Å². The average Bonchev–Trinajstić information content (AvgIpc) is 3.17. The maximum Gasteiger partial charge on any atom is 0.263 e. The highest BCUT2D eigenvalue weighted by Crippen LogP contribution is 2.32. The van der Waals surface area contributed by atoms with E-state index in [1.807, 2.05) is 37.4 Å². The predicted molar refractivity (Wildman–Crippen MR) is 127 cm³/mol. The third kappa shape index (κ3) is 4.53. The SMILES string of the molecule is CNC(=O)c1sccc1Nc1nc(Nc2ccc3c(c2)CCC(=O)NC3(C)C)ncc1Cl. The number of nitrogens with one attached hydrogen (secondary N) is 4. The molecule has 1 aliphatic heterocycles. The molecule has 0 bridgehead atoms. The Morgan fingerprint density at radius 2 is 2.03 bits per heavy atom. The largest absolute Gasteiger partial charge is 0.354 e. The number of carbonyl (C=O) groups excluding carboxylic acids is 2. The normalized spacial score (nSPS) is 14.7. The highest BCUT2D eigenvalue weighted by Gasteiger charge is 2.28. The predicted octanol–water partition coefficient (Wildman–Crippen LogP) is 4.34. The highest BCUT2D eigenvalue weighted by molar-refractivity contribution is 7.12. The molecule has 0 fully saturated rings. The van der Waals surface area contributed by atoms with Gasteiger partial charge in [0.15, 0.2) is 5.82 Å². The number of aromatic nitrogens is 2. The van der Waals surface area contributed by atoms with E-state index >= 15 is 0 Å². The van der Waals surface area contributed by atoms with E-state index in [2.05, 4.69) is 31.2 Å². The van der Waals surface area contributed by atoms with Gasteiger partial charge in [0.1, 0.15) is 9.90 Å². The van der Waals surface area contributed by atoms with E-state index in [4.69, 9.17) is 11.6 Å². The summed E-state index contributed by atoms with van der Waals surface area (Å²) in [5.41, 5.74) is 3.18. The third-order valence-electron chi connectivity index (χ3n) is 5.20. The number of aryl methyl sites for hydroxylation is 1. The average molecular weight is 471 g/mol. The van der Waals surface area contributed by atoms with Crippen LogP contribution >= 0.6 is 22.9 Å². The van der Waals surface area contributed by atoms with Gasteiger partial charge in [-0.2, -0.15) is 4.98 Å². The van der Waals surface area contributed by atoms with Gasteiger partial charge in [0.2, 0.25) is 11.9 Å². The molecule has 3 heterocycles. The van der Waals surface area contributed by atoms with Gasteiger partial charge >= 0.3 is 0 Å². The number of benzene rings is 1. The molecule has 0 aliphatic carbocycles.